The summed E-state index contributed by atoms with van der Waals surface area (Å²) in [6.07, 6.45) is 1.64. The zero-order valence-corrected chi connectivity index (χ0v) is 7.74. The van der Waals surface area contributed by atoms with Gasteiger partial charge in [-0.05, 0) is 19.9 Å². The second-order valence-corrected chi connectivity index (χ2v) is 3.03. The van der Waals surface area contributed by atoms with Crippen molar-refractivity contribution in [3.63, 3.8) is 0 Å². The summed E-state index contributed by atoms with van der Waals surface area (Å²) in [5.74, 6) is -0.165. The predicted octanol–water partition coefficient (Wildman–Crippen LogP) is -0.0659. The molecular weight excluding hydrogens is 168 g/mol. The average molecular weight is 182 g/mol. The van der Waals surface area contributed by atoms with Crippen LogP contribution in [0.2, 0.25) is 0 Å². The SMILES string of the molecule is CC(NC(=O)[C@H](C)N)c1ccn[nH]1. The third kappa shape index (κ3) is 2.55. The molecule has 72 valence electrons. The van der Waals surface area contributed by atoms with E-state index in [4.69, 9.17) is 5.73 Å². The zero-order valence-electron chi connectivity index (χ0n) is 7.74. The van der Waals surface area contributed by atoms with Gasteiger partial charge in [0.1, 0.15) is 0 Å². The van der Waals surface area contributed by atoms with Crippen LogP contribution in [-0.2, 0) is 4.79 Å². The number of rotatable bonds is 3. The number of H-pyrrole nitrogens is 1. The molecule has 0 aliphatic carbocycles. The number of carbonyl (C=O) groups is 1. The fourth-order valence-electron chi connectivity index (χ4n) is 0.930. The monoisotopic (exact) mass is 182 g/mol. The van der Waals surface area contributed by atoms with Gasteiger partial charge in [0.15, 0.2) is 0 Å². The molecule has 0 aliphatic rings. The molecule has 0 fully saturated rings. The summed E-state index contributed by atoms with van der Waals surface area (Å²) in [6, 6.07) is 1.25. The summed E-state index contributed by atoms with van der Waals surface area (Å²) in [5, 5.41) is 9.31. The highest BCUT2D eigenvalue weighted by Gasteiger charge is 2.12. The van der Waals surface area contributed by atoms with Crippen molar-refractivity contribution in [1.82, 2.24) is 15.5 Å². The Kier molecular flexibility index (Phi) is 3.02. The van der Waals surface area contributed by atoms with E-state index in [1.54, 1.807) is 13.1 Å². The van der Waals surface area contributed by atoms with E-state index in [1.807, 2.05) is 13.0 Å². The van der Waals surface area contributed by atoms with Crippen LogP contribution in [0.25, 0.3) is 0 Å². The van der Waals surface area contributed by atoms with E-state index in [1.165, 1.54) is 0 Å². The number of aromatic nitrogens is 2. The predicted molar refractivity (Wildman–Crippen MR) is 48.8 cm³/mol. The van der Waals surface area contributed by atoms with E-state index >= 15 is 0 Å². The van der Waals surface area contributed by atoms with Gasteiger partial charge in [0.05, 0.1) is 17.8 Å². The highest BCUT2D eigenvalue weighted by Crippen LogP contribution is 2.06. The second kappa shape index (κ2) is 4.04. The Morgan fingerprint density at radius 2 is 2.38 bits per heavy atom. The van der Waals surface area contributed by atoms with Gasteiger partial charge in [-0.25, -0.2) is 0 Å². The number of nitrogens with zero attached hydrogens (tertiary/aromatic N) is 1. The van der Waals surface area contributed by atoms with Crippen molar-refractivity contribution in [2.75, 3.05) is 0 Å². The second-order valence-electron chi connectivity index (χ2n) is 3.03. The van der Waals surface area contributed by atoms with Crippen LogP contribution in [0.3, 0.4) is 0 Å². The van der Waals surface area contributed by atoms with Gasteiger partial charge in [-0.15, -0.1) is 0 Å². The summed E-state index contributed by atoms with van der Waals surface area (Å²) in [5.41, 5.74) is 6.27. The third-order valence-corrected chi connectivity index (χ3v) is 1.76. The Labute approximate surface area is 76.7 Å². The first-order valence-electron chi connectivity index (χ1n) is 4.16. The van der Waals surface area contributed by atoms with Gasteiger partial charge >= 0.3 is 0 Å². The summed E-state index contributed by atoms with van der Waals surface area (Å²) < 4.78 is 0. The van der Waals surface area contributed by atoms with Gasteiger partial charge in [0, 0.05) is 6.20 Å². The van der Waals surface area contributed by atoms with Crippen LogP contribution in [0.5, 0.6) is 0 Å². The summed E-state index contributed by atoms with van der Waals surface area (Å²) in [4.78, 5) is 11.2. The molecule has 0 saturated heterocycles. The number of hydrogen-bond donors (Lipinski definition) is 3. The van der Waals surface area contributed by atoms with Crippen molar-refractivity contribution in [3.05, 3.63) is 18.0 Å². The van der Waals surface area contributed by atoms with Crippen molar-refractivity contribution >= 4 is 5.91 Å². The van der Waals surface area contributed by atoms with Gasteiger partial charge < -0.3 is 11.1 Å². The minimum absolute atomic E-state index is 0.0824. The zero-order chi connectivity index (χ0) is 9.84. The first-order chi connectivity index (χ1) is 6.11. The molecule has 0 saturated carbocycles. The number of nitrogens with one attached hydrogen (secondary N) is 2. The normalized spacial score (nSPS) is 15.0. The highest BCUT2D eigenvalue weighted by atomic mass is 16.2. The molecule has 1 heterocycles. The van der Waals surface area contributed by atoms with E-state index in [0.29, 0.717) is 0 Å². The van der Waals surface area contributed by atoms with E-state index in [9.17, 15) is 4.79 Å². The number of carbonyl (C=O) groups excluding carboxylic acids is 1. The molecule has 1 rings (SSSR count). The van der Waals surface area contributed by atoms with Crippen LogP contribution in [0.1, 0.15) is 25.6 Å². The summed E-state index contributed by atoms with van der Waals surface area (Å²) >= 11 is 0. The van der Waals surface area contributed by atoms with Crippen molar-refractivity contribution in [2.45, 2.75) is 25.9 Å². The van der Waals surface area contributed by atoms with Gasteiger partial charge in [0.25, 0.3) is 0 Å². The number of nitrogens with two attached hydrogens (primary N) is 1. The largest absolute Gasteiger partial charge is 0.347 e. The maximum Gasteiger partial charge on any atom is 0.237 e. The quantitative estimate of drug-likeness (QED) is 0.612. The fraction of sp³-hybridized carbons (Fsp3) is 0.500. The van der Waals surface area contributed by atoms with Gasteiger partial charge in [0.2, 0.25) is 5.91 Å². The standard InChI is InChI=1S/C8H14N4O/c1-5(9)8(13)11-6(2)7-3-4-10-12-7/h3-6H,9H2,1-2H3,(H,10,12)(H,11,13)/t5-,6?/m0/s1. The molecule has 13 heavy (non-hydrogen) atoms. The maximum atomic E-state index is 11.2. The lowest BCUT2D eigenvalue weighted by molar-refractivity contribution is -0.122. The fourth-order valence-corrected chi connectivity index (χ4v) is 0.930. The van der Waals surface area contributed by atoms with Crippen LogP contribution in [0.15, 0.2) is 12.3 Å². The topological polar surface area (TPSA) is 83.8 Å². The molecule has 1 amide bonds. The number of amides is 1. The molecule has 1 aromatic rings. The number of hydrogen-bond acceptors (Lipinski definition) is 3. The first-order valence-corrected chi connectivity index (χ1v) is 4.16. The lowest BCUT2D eigenvalue weighted by Gasteiger charge is -2.13. The molecule has 0 aromatic carbocycles. The third-order valence-electron chi connectivity index (χ3n) is 1.76. The summed E-state index contributed by atoms with van der Waals surface area (Å²) in [7, 11) is 0. The molecule has 4 N–H and O–H groups in total. The van der Waals surface area contributed by atoms with E-state index in [2.05, 4.69) is 15.5 Å². The average Bonchev–Trinajstić information content (AvgIpc) is 2.55. The van der Waals surface area contributed by atoms with E-state index in [-0.39, 0.29) is 11.9 Å². The molecule has 5 heteroatoms. The van der Waals surface area contributed by atoms with Crippen LogP contribution < -0.4 is 11.1 Å². The highest BCUT2D eigenvalue weighted by molar-refractivity contribution is 5.81. The van der Waals surface area contributed by atoms with Crippen LogP contribution in [-0.4, -0.2) is 22.1 Å². The molecule has 0 bridgehead atoms. The van der Waals surface area contributed by atoms with Crippen LogP contribution in [0, 0.1) is 0 Å². The number of aromatic amines is 1. The Bertz CT molecular complexity index is 268. The van der Waals surface area contributed by atoms with Crippen molar-refractivity contribution < 1.29 is 4.79 Å². The molecule has 5 nitrogen and oxygen atoms in total. The van der Waals surface area contributed by atoms with Crippen molar-refractivity contribution in [1.29, 1.82) is 0 Å². The Balaban J connectivity index is 2.51. The van der Waals surface area contributed by atoms with Crippen LogP contribution >= 0.6 is 0 Å². The summed E-state index contributed by atoms with van der Waals surface area (Å²) in [6.45, 7) is 3.52. The Hall–Kier alpha value is -1.36. The lowest BCUT2D eigenvalue weighted by atomic mass is 10.2. The molecule has 1 aromatic heterocycles. The van der Waals surface area contributed by atoms with Crippen LogP contribution in [0.4, 0.5) is 0 Å². The lowest BCUT2D eigenvalue weighted by Crippen LogP contribution is -2.39. The Morgan fingerprint density at radius 3 is 2.85 bits per heavy atom. The van der Waals surface area contributed by atoms with E-state index in [0.717, 1.165) is 5.69 Å². The minimum atomic E-state index is -0.481. The van der Waals surface area contributed by atoms with Crippen molar-refractivity contribution in [3.8, 4) is 0 Å². The molecular formula is C8H14N4O. The minimum Gasteiger partial charge on any atom is -0.347 e. The van der Waals surface area contributed by atoms with Gasteiger partial charge in [-0.2, -0.15) is 5.10 Å². The first kappa shape index (κ1) is 9.73. The van der Waals surface area contributed by atoms with Crippen molar-refractivity contribution in [2.24, 2.45) is 5.73 Å². The molecule has 2 atom stereocenters. The molecule has 0 aliphatic heterocycles. The van der Waals surface area contributed by atoms with E-state index < -0.39 is 6.04 Å². The maximum absolute atomic E-state index is 11.2. The molecule has 0 radical (unpaired) electrons. The van der Waals surface area contributed by atoms with Gasteiger partial charge in [-0.3, -0.25) is 9.89 Å². The molecule has 0 spiro atoms. The smallest absolute Gasteiger partial charge is 0.237 e. The molecule has 1 unspecified atom stereocenters. The van der Waals surface area contributed by atoms with Gasteiger partial charge in [-0.1, -0.05) is 0 Å². The Morgan fingerprint density at radius 1 is 1.69 bits per heavy atom.